The van der Waals surface area contributed by atoms with Crippen molar-refractivity contribution in [3.05, 3.63) is 65.5 Å². The van der Waals surface area contributed by atoms with Crippen molar-refractivity contribution in [2.45, 2.75) is 39.0 Å². The summed E-state index contributed by atoms with van der Waals surface area (Å²) in [6.45, 7) is 6.04. The van der Waals surface area contributed by atoms with E-state index in [-0.39, 0.29) is 55.4 Å². The lowest BCUT2D eigenvalue weighted by atomic mass is 10.1. The molecule has 4 amide bonds. The molecule has 0 aliphatic carbocycles. The summed E-state index contributed by atoms with van der Waals surface area (Å²) in [5, 5.41) is 2.77. The number of nitrogens with zero attached hydrogens (tertiary/aromatic N) is 3. The van der Waals surface area contributed by atoms with Crippen LogP contribution in [0.3, 0.4) is 0 Å². The number of hydrogen-bond acceptors (Lipinski definition) is 4. The topological polar surface area (TPSA) is 82.2 Å². The second kappa shape index (κ2) is 10.9. The molecule has 1 atom stereocenters. The first-order valence-electron chi connectivity index (χ1n) is 11.9. The highest BCUT2D eigenvalue weighted by molar-refractivity contribution is 5.94. The van der Waals surface area contributed by atoms with Crippen molar-refractivity contribution in [1.29, 1.82) is 0 Å². The van der Waals surface area contributed by atoms with E-state index in [0.29, 0.717) is 26.2 Å². The van der Waals surface area contributed by atoms with E-state index in [2.05, 4.69) is 5.32 Å². The number of nitrogens with one attached hydrogen (secondary N) is 1. The summed E-state index contributed by atoms with van der Waals surface area (Å²) in [5.41, 5.74) is 2.41. The third-order valence-electron chi connectivity index (χ3n) is 6.31. The van der Waals surface area contributed by atoms with Crippen LogP contribution in [0, 0.1) is 5.82 Å². The average Bonchev–Trinajstić information content (AvgIpc) is 3.18. The molecule has 8 nitrogen and oxygen atoms in total. The number of rotatable bonds is 7. The van der Waals surface area contributed by atoms with Crippen LogP contribution in [0.15, 0.2) is 48.5 Å². The number of benzene rings is 2. The van der Waals surface area contributed by atoms with Gasteiger partial charge in [0.25, 0.3) is 0 Å². The number of anilines is 1. The van der Waals surface area contributed by atoms with E-state index in [4.69, 9.17) is 4.74 Å². The maximum atomic E-state index is 13.2. The van der Waals surface area contributed by atoms with Gasteiger partial charge in [-0.25, -0.2) is 9.18 Å². The highest BCUT2D eigenvalue weighted by atomic mass is 19.1. The van der Waals surface area contributed by atoms with Crippen molar-refractivity contribution in [3.63, 3.8) is 0 Å². The summed E-state index contributed by atoms with van der Waals surface area (Å²) in [4.78, 5) is 42.9. The monoisotopic (exact) mass is 482 g/mol. The second-order valence-corrected chi connectivity index (χ2v) is 9.20. The van der Waals surface area contributed by atoms with Gasteiger partial charge in [0.1, 0.15) is 5.82 Å². The van der Waals surface area contributed by atoms with Crippen molar-refractivity contribution in [1.82, 2.24) is 15.1 Å². The average molecular weight is 483 g/mol. The van der Waals surface area contributed by atoms with Crippen LogP contribution >= 0.6 is 0 Å². The minimum absolute atomic E-state index is 0.000542. The van der Waals surface area contributed by atoms with Crippen LogP contribution < -0.4 is 10.2 Å². The van der Waals surface area contributed by atoms with Crippen molar-refractivity contribution < 1.29 is 23.5 Å². The molecule has 2 aliphatic heterocycles. The lowest BCUT2D eigenvalue weighted by molar-refractivity contribution is -0.139. The zero-order chi connectivity index (χ0) is 24.9. The van der Waals surface area contributed by atoms with Gasteiger partial charge < -0.3 is 19.9 Å². The third-order valence-corrected chi connectivity index (χ3v) is 6.31. The summed E-state index contributed by atoms with van der Waals surface area (Å²) in [5.74, 6) is -0.587. The lowest BCUT2D eigenvalue weighted by Gasteiger charge is -2.27. The molecule has 2 heterocycles. The van der Waals surface area contributed by atoms with Crippen molar-refractivity contribution in [2.75, 3.05) is 37.6 Å². The molecule has 2 fully saturated rings. The summed E-state index contributed by atoms with van der Waals surface area (Å²) in [6, 6.07) is 13.3. The fourth-order valence-corrected chi connectivity index (χ4v) is 4.33. The normalized spacial score (nSPS) is 18.7. The minimum atomic E-state index is -0.367. The summed E-state index contributed by atoms with van der Waals surface area (Å²) < 4.78 is 19.3. The van der Waals surface area contributed by atoms with Crippen LogP contribution in [-0.4, -0.2) is 72.5 Å². The Labute approximate surface area is 204 Å². The largest absolute Gasteiger partial charge is 0.370 e. The standard InChI is InChI=1S/C26H31FN4O4/c1-18(2)31-15-23(35-17-20-3-7-21(27)8-4-20)14-29(16-25(31)33)24(32)13-19-5-9-22(10-6-19)30-12-11-28-26(30)34/h3-10,18,23H,11-17H2,1-2H3,(H,28,34)/t23-/m0/s1. The fraction of sp³-hybridized carbons (Fsp3) is 0.423. The van der Waals surface area contributed by atoms with Crippen molar-refractivity contribution >= 4 is 23.5 Å². The zero-order valence-corrected chi connectivity index (χ0v) is 20.1. The van der Waals surface area contributed by atoms with E-state index < -0.39 is 0 Å². The second-order valence-electron chi connectivity index (χ2n) is 9.20. The number of ether oxygens (including phenoxy) is 1. The molecule has 186 valence electrons. The highest BCUT2D eigenvalue weighted by Gasteiger charge is 2.32. The number of carbonyl (C=O) groups is 3. The van der Waals surface area contributed by atoms with Crippen LogP contribution in [0.2, 0.25) is 0 Å². The van der Waals surface area contributed by atoms with Crippen LogP contribution in [0.25, 0.3) is 0 Å². The molecule has 1 N–H and O–H groups in total. The van der Waals surface area contributed by atoms with Crippen LogP contribution in [0.4, 0.5) is 14.9 Å². The van der Waals surface area contributed by atoms with Gasteiger partial charge in [-0.15, -0.1) is 0 Å². The molecule has 35 heavy (non-hydrogen) atoms. The number of hydrogen-bond donors (Lipinski definition) is 1. The van der Waals surface area contributed by atoms with Crippen molar-refractivity contribution in [3.8, 4) is 0 Å². The van der Waals surface area contributed by atoms with Crippen molar-refractivity contribution in [2.24, 2.45) is 0 Å². The molecule has 0 unspecified atom stereocenters. The van der Waals surface area contributed by atoms with E-state index in [1.165, 1.54) is 12.1 Å². The molecule has 0 aromatic heterocycles. The molecule has 4 rings (SSSR count). The van der Waals surface area contributed by atoms with Crippen LogP contribution in [-0.2, 0) is 27.4 Å². The first-order valence-corrected chi connectivity index (χ1v) is 11.9. The van der Waals surface area contributed by atoms with Gasteiger partial charge in [0.15, 0.2) is 0 Å². The van der Waals surface area contributed by atoms with Crippen LogP contribution in [0.5, 0.6) is 0 Å². The molecule has 0 spiro atoms. The minimum Gasteiger partial charge on any atom is -0.370 e. The molecule has 2 saturated heterocycles. The summed E-state index contributed by atoms with van der Waals surface area (Å²) >= 11 is 0. The van der Waals surface area contributed by atoms with E-state index in [1.807, 2.05) is 38.1 Å². The molecule has 2 aromatic carbocycles. The Hall–Kier alpha value is -3.46. The van der Waals surface area contributed by atoms with Gasteiger partial charge >= 0.3 is 6.03 Å². The number of urea groups is 1. The van der Waals surface area contributed by atoms with Gasteiger partial charge in [-0.2, -0.15) is 0 Å². The molecule has 0 saturated carbocycles. The first-order chi connectivity index (χ1) is 16.8. The summed E-state index contributed by atoms with van der Waals surface area (Å²) in [7, 11) is 0. The number of carbonyl (C=O) groups excluding carboxylic acids is 3. The van der Waals surface area contributed by atoms with E-state index in [1.54, 1.807) is 26.8 Å². The predicted octanol–water partition coefficient (Wildman–Crippen LogP) is 2.56. The fourth-order valence-electron chi connectivity index (χ4n) is 4.33. The van der Waals surface area contributed by atoms with Gasteiger partial charge in [-0.05, 0) is 49.2 Å². The maximum Gasteiger partial charge on any atom is 0.321 e. The Morgan fingerprint density at radius 3 is 2.37 bits per heavy atom. The predicted molar refractivity (Wildman–Crippen MR) is 129 cm³/mol. The Morgan fingerprint density at radius 1 is 1.06 bits per heavy atom. The molecular formula is C26H31FN4O4. The molecule has 2 aliphatic rings. The number of halogens is 1. The Balaban J connectivity index is 1.42. The smallest absolute Gasteiger partial charge is 0.321 e. The van der Waals surface area contributed by atoms with Gasteiger partial charge in [-0.1, -0.05) is 24.3 Å². The van der Waals surface area contributed by atoms with Crippen LogP contribution in [0.1, 0.15) is 25.0 Å². The van der Waals surface area contributed by atoms with Gasteiger partial charge in [-0.3, -0.25) is 14.5 Å². The first kappa shape index (κ1) is 24.7. The third kappa shape index (κ3) is 6.16. The van der Waals surface area contributed by atoms with Gasteiger partial charge in [0, 0.05) is 37.9 Å². The Bertz CT molecular complexity index is 1060. The van der Waals surface area contributed by atoms with Gasteiger partial charge in [0.05, 0.1) is 25.7 Å². The zero-order valence-electron chi connectivity index (χ0n) is 20.1. The molecule has 2 aromatic rings. The highest BCUT2D eigenvalue weighted by Crippen LogP contribution is 2.19. The van der Waals surface area contributed by atoms with E-state index in [9.17, 15) is 18.8 Å². The molecular weight excluding hydrogens is 451 g/mol. The van der Waals surface area contributed by atoms with E-state index in [0.717, 1.165) is 16.8 Å². The Morgan fingerprint density at radius 2 is 1.74 bits per heavy atom. The maximum absolute atomic E-state index is 13.2. The number of amides is 4. The Kier molecular flexibility index (Phi) is 7.65. The SMILES string of the molecule is CC(C)N1C[C@@H](OCc2ccc(F)cc2)CN(C(=O)Cc2ccc(N3CCNC3=O)cc2)CC1=O. The molecule has 9 heteroatoms. The van der Waals surface area contributed by atoms with E-state index >= 15 is 0 Å². The molecule has 0 bridgehead atoms. The lowest BCUT2D eigenvalue weighted by Crippen LogP contribution is -2.42. The molecule has 0 radical (unpaired) electrons. The quantitative estimate of drug-likeness (QED) is 0.658. The summed E-state index contributed by atoms with van der Waals surface area (Å²) in [6.07, 6.45) is -0.222. The van der Waals surface area contributed by atoms with Gasteiger partial charge in [0.2, 0.25) is 11.8 Å².